The molecule has 0 saturated heterocycles. The van der Waals surface area contributed by atoms with Crippen LogP contribution in [0.3, 0.4) is 0 Å². The third-order valence-corrected chi connectivity index (χ3v) is 2.45. The van der Waals surface area contributed by atoms with Crippen molar-refractivity contribution in [1.82, 2.24) is 0 Å². The van der Waals surface area contributed by atoms with E-state index >= 15 is 0 Å². The number of aliphatic hydroxyl groups excluding tert-OH is 1. The molecule has 0 amide bonds. The molecule has 1 aliphatic heterocycles. The van der Waals surface area contributed by atoms with Crippen LogP contribution in [0.15, 0.2) is 18.2 Å². The van der Waals surface area contributed by atoms with Crippen LogP contribution in [0.25, 0.3) is 0 Å². The molecule has 0 aromatic heterocycles. The van der Waals surface area contributed by atoms with Crippen molar-refractivity contribution < 1.29 is 5.11 Å². The van der Waals surface area contributed by atoms with E-state index < -0.39 is 0 Å². The van der Waals surface area contributed by atoms with Crippen molar-refractivity contribution in [3.05, 3.63) is 28.8 Å². The van der Waals surface area contributed by atoms with Crippen molar-refractivity contribution in [2.75, 3.05) is 11.9 Å². The van der Waals surface area contributed by atoms with Gasteiger partial charge in [0.25, 0.3) is 0 Å². The van der Waals surface area contributed by atoms with Gasteiger partial charge >= 0.3 is 0 Å². The largest absolute Gasteiger partial charge is 0.394 e. The lowest BCUT2D eigenvalue weighted by atomic mass is 10.1. The van der Waals surface area contributed by atoms with Crippen molar-refractivity contribution in [3.63, 3.8) is 0 Å². The van der Waals surface area contributed by atoms with Crippen LogP contribution in [-0.2, 0) is 6.42 Å². The monoisotopic (exact) mass is 183 g/mol. The van der Waals surface area contributed by atoms with Crippen molar-refractivity contribution in [2.24, 2.45) is 0 Å². The molecule has 1 aromatic rings. The molecule has 2 N–H and O–H groups in total. The van der Waals surface area contributed by atoms with E-state index in [1.54, 1.807) is 0 Å². The Kier molecular flexibility index (Phi) is 1.95. The highest BCUT2D eigenvalue weighted by Gasteiger charge is 2.20. The maximum Gasteiger partial charge on any atom is 0.0640 e. The molecule has 1 atom stereocenters. The number of para-hydroxylation sites is 1. The van der Waals surface area contributed by atoms with Gasteiger partial charge in [-0.1, -0.05) is 23.7 Å². The Bertz CT molecular complexity index is 301. The molecule has 0 spiro atoms. The summed E-state index contributed by atoms with van der Waals surface area (Å²) in [5.74, 6) is 0. The van der Waals surface area contributed by atoms with Crippen molar-refractivity contribution in [2.45, 2.75) is 12.5 Å². The van der Waals surface area contributed by atoms with Crippen LogP contribution in [0.2, 0.25) is 5.02 Å². The molecular weight excluding hydrogens is 174 g/mol. The highest BCUT2D eigenvalue weighted by Crippen LogP contribution is 2.32. The van der Waals surface area contributed by atoms with Crippen LogP contribution in [0.5, 0.6) is 0 Å². The van der Waals surface area contributed by atoms with E-state index in [4.69, 9.17) is 16.7 Å². The molecule has 0 radical (unpaired) electrons. The molecule has 1 aliphatic rings. The minimum atomic E-state index is 0.139. The first-order valence-electron chi connectivity index (χ1n) is 3.96. The number of benzene rings is 1. The second-order valence-corrected chi connectivity index (χ2v) is 3.41. The Morgan fingerprint density at radius 3 is 3.08 bits per heavy atom. The zero-order valence-corrected chi connectivity index (χ0v) is 7.30. The fourth-order valence-electron chi connectivity index (χ4n) is 1.53. The third-order valence-electron chi connectivity index (χ3n) is 2.14. The predicted molar refractivity (Wildman–Crippen MR) is 49.7 cm³/mol. The second-order valence-electron chi connectivity index (χ2n) is 3.00. The van der Waals surface area contributed by atoms with E-state index in [0.29, 0.717) is 0 Å². The number of halogens is 1. The van der Waals surface area contributed by atoms with E-state index in [1.807, 2.05) is 18.2 Å². The summed E-state index contributed by atoms with van der Waals surface area (Å²) < 4.78 is 0. The fraction of sp³-hybridized carbons (Fsp3) is 0.333. The Hall–Kier alpha value is -0.730. The van der Waals surface area contributed by atoms with Crippen LogP contribution in [-0.4, -0.2) is 17.8 Å². The van der Waals surface area contributed by atoms with Crippen LogP contribution in [0, 0.1) is 0 Å². The summed E-state index contributed by atoms with van der Waals surface area (Å²) in [4.78, 5) is 0. The molecule has 2 rings (SSSR count). The highest BCUT2D eigenvalue weighted by atomic mass is 35.5. The normalized spacial score (nSPS) is 20.3. The Morgan fingerprint density at radius 2 is 2.42 bits per heavy atom. The number of fused-ring (bicyclic) bond motifs is 1. The summed E-state index contributed by atoms with van der Waals surface area (Å²) in [7, 11) is 0. The van der Waals surface area contributed by atoms with Gasteiger partial charge < -0.3 is 10.4 Å². The Morgan fingerprint density at radius 1 is 1.58 bits per heavy atom. The molecule has 1 unspecified atom stereocenters. The van der Waals surface area contributed by atoms with E-state index in [0.717, 1.165) is 17.1 Å². The summed E-state index contributed by atoms with van der Waals surface area (Å²) in [5.41, 5.74) is 2.18. The lowest BCUT2D eigenvalue weighted by Crippen LogP contribution is -2.19. The topological polar surface area (TPSA) is 32.3 Å². The summed E-state index contributed by atoms with van der Waals surface area (Å²) in [6.45, 7) is 0.158. The van der Waals surface area contributed by atoms with E-state index in [1.165, 1.54) is 5.56 Å². The van der Waals surface area contributed by atoms with Crippen LogP contribution in [0.1, 0.15) is 5.56 Å². The first-order chi connectivity index (χ1) is 5.81. The number of nitrogens with one attached hydrogen (secondary N) is 1. The van der Waals surface area contributed by atoms with Gasteiger partial charge in [0, 0.05) is 0 Å². The maximum atomic E-state index is 8.92. The van der Waals surface area contributed by atoms with Gasteiger partial charge in [0.1, 0.15) is 0 Å². The van der Waals surface area contributed by atoms with E-state index in [9.17, 15) is 0 Å². The van der Waals surface area contributed by atoms with Crippen molar-refractivity contribution in [3.8, 4) is 0 Å². The standard InChI is InChI=1S/C9H10ClNO/c10-8-3-1-2-6-4-7(5-12)11-9(6)8/h1-3,7,11-12H,4-5H2. The van der Waals surface area contributed by atoms with Gasteiger partial charge in [-0.25, -0.2) is 0 Å². The third kappa shape index (κ3) is 1.17. The molecule has 0 aliphatic carbocycles. The van der Waals surface area contributed by atoms with Crippen LogP contribution >= 0.6 is 11.6 Å². The molecule has 12 heavy (non-hydrogen) atoms. The molecule has 0 fully saturated rings. The number of anilines is 1. The molecular formula is C9H10ClNO. The molecule has 64 valence electrons. The van der Waals surface area contributed by atoms with Gasteiger partial charge in [-0.2, -0.15) is 0 Å². The van der Waals surface area contributed by atoms with Gasteiger partial charge in [-0.15, -0.1) is 0 Å². The Balaban J connectivity index is 2.35. The molecule has 1 heterocycles. The average molecular weight is 184 g/mol. The van der Waals surface area contributed by atoms with E-state index in [-0.39, 0.29) is 12.6 Å². The number of aliphatic hydroxyl groups is 1. The summed E-state index contributed by atoms with van der Waals surface area (Å²) >= 11 is 5.95. The highest BCUT2D eigenvalue weighted by molar-refractivity contribution is 6.33. The second kappa shape index (κ2) is 2.96. The van der Waals surface area contributed by atoms with Gasteiger partial charge in [-0.05, 0) is 18.1 Å². The summed E-state index contributed by atoms with van der Waals surface area (Å²) in [6.07, 6.45) is 0.867. The minimum Gasteiger partial charge on any atom is -0.394 e. The van der Waals surface area contributed by atoms with E-state index in [2.05, 4.69) is 5.32 Å². The van der Waals surface area contributed by atoms with Gasteiger partial charge in [-0.3, -0.25) is 0 Å². The summed E-state index contributed by atoms with van der Waals surface area (Å²) in [5, 5.41) is 12.8. The molecule has 0 saturated carbocycles. The predicted octanol–water partition coefficient (Wildman–Crippen LogP) is 1.67. The van der Waals surface area contributed by atoms with Crippen LogP contribution in [0.4, 0.5) is 5.69 Å². The molecule has 2 nitrogen and oxygen atoms in total. The first kappa shape index (κ1) is 7.90. The number of rotatable bonds is 1. The van der Waals surface area contributed by atoms with Gasteiger partial charge in [0.15, 0.2) is 0 Å². The fourth-order valence-corrected chi connectivity index (χ4v) is 1.78. The number of hydrogen-bond acceptors (Lipinski definition) is 2. The van der Waals surface area contributed by atoms with Gasteiger partial charge in [0.05, 0.1) is 23.4 Å². The maximum absolute atomic E-state index is 8.92. The lowest BCUT2D eigenvalue weighted by molar-refractivity contribution is 0.277. The van der Waals surface area contributed by atoms with Crippen LogP contribution < -0.4 is 5.32 Å². The van der Waals surface area contributed by atoms with Crippen molar-refractivity contribution >= 4 is 17.3 Å². The quantitative estimate of drug-likeness (QED) is 0.694. The zero-order chi connectivity index (χ0) is 8.55. The smallest absolute Gasteiger partial charge is 0.0640 e. The van der Waals surface area contributed by atoms with Crippen molar-refractivity contribution in [1.29, 1.82) is 0 Å². The minimum absolute atomic E-state index is 0.139. The number of hydrogen-bond donors (Lipinski definition) is 2. The molecule has 0 bridgehead atoms. The zero-order valence-electron chi connectivity index (χ0n) is 6.55. The van der Waals surface area contributed by atoms with Gasteiger partial charge in [0.2, 0.25) is 0 Å². The average Bonchev–Trinajstić information content (AvgIpc) is 2.49. The SMILES string of the molecule is OCC1Cc2cccc(Cl)c2N1. The lowest BCUT2D eigenvalue weighted by Gasteiger charge is -2.06. The molecule has 3 heteroatoms. The molecule has 1 aromatic carbocycles. The Labute approximate surface area is 76.2 Å². The first-order valence-corrected chi connectivity index (χ1v) is 4.34. The summed E-state index contributed by atoms with van der Waals surface area (Å²) in [6, 6.07) is 5.96.